The van der Waals surface area contributed by atoms with Gasteiger partial charge in [0, 0.05) is 11.6 Å². The van der Waals surface area contributed by atoms with Gasteiger partial charge in [-0.1, -0.05) is 40.5 Å². The quantitative estimate of drug-likeness (QED) is 0.811. The number of hydrogen-bond acceptors (Lipinski definition) is 2. The Kier molecular flexibility index (Phi) is 2.97. The molecule has 0 atom stereocenters. The highest BCUT2D eigenvalue weighted by atomic mass is 79.9. The van der Waals surface area contributed by atoms with Crippen molar-refractivity contribution in [3.8, 4) is 5.69 Å². The standard InChI is InChI=1S/C13H14BrN3/c14-9-12-15-16-13(10-5-4-6-10)17(12)11-7-2-1-3-8-11/h1-3,7-8,10H,4-6,9H2. The van der Waals surface area contributed by atoms with Crippen LogP contribution in [0.5, 0.6) is 0 Å². The average Bonchev–Trinajstić information content (AvgIpc) is 2.71. The molecule has 1 aromatic heterocycles. The van der Waals surface area contributed by atoms with Crippen LogP contribution in [-0.4, -0.2) is 14.8 Å². The molecule has 3 rings (SSSR count). The van der Waals surface area contributed by atoms with Crippen LogP contribution in [0.1, 0.15) is 36.8 Å². The topological polar surface area (TPSA) is 30.7 Å². The zero-order chi connectivity index (χ0) is 11.7. The third kappa shape index (κ3) is 1.90. The minimum Gasteiger partial charge on any atom is -0.282 e. The maximum Gasteiger partial charge on any atom is 0.148 e. The van der Waals surface area contributed by atoms with E-state index in [9.17, 15) is 0 Å². The summed E-state index contributed by atoms with van der Waals surface area (Å²) < 4.78 is 2.19. The Bertz CT molecular complexity index is 503. The maximum atomic E-state index is 4.37. The first-order valence-corrected chi connectivity index (χ1v) is 7.08. The Morgan fingerprint density at radius 3 is 2.53 bits per heavy atom. The van der Waals surface area contributed by atoms with Gasteiger partial charge in [0.15, 0.2) is 0 Å². The van der Waals surface area contributed by atoms with Gasteiger partial charge in [-0.3, -0.25) is 4.57 Å². The van der Waals surface area contributed by atoms with Crippen LogP contribution in [0.2, 0.25) is 0 Å². The number of benzene rings is 1. The fraction of sp³-hybridized carbons (Fsp3) is 0.385. The van der Waals surface area contributed by atoms with E-state index in [1.807, 2.05) is 6.07 Å². The van der Waals surface area contributed by atoms with Gasteiger partial charge in [-0.05, 0) is 25.0 Å². The van der Waals surface area contributed by atoms with E-state index in [0.29, 0.717) is 5.92 Å². The lowest BCUT2D eigenvalue weighted by atomic mass is 9.85. The third-order valence-corrected chi connectivity index (χ3v) is 3.86. The van der Waals surface area contributed by atoms with Crippen molar-refractivity contribution in [2.24, 2.45) is 0 Å². The number of halogens is 1. The molecule has 1 aliphatic carbocycles. The van der Waals surface area contributed by atoms with Gasteiger partial charge in [-0.15, -0.1) is 10.2 Å². The summed E-state index contributed by atoms with van der Waals surface area (Å²) in [5.41, 5.74) is 1.16. The van der Waals surface area contributed by atoms with Gasteiger partial charge in [0.2, 0.25) is 0 Å². The predicted molar refractivity (Wildman–Crippen MR) is 70.6 cm³/mol. The lowest BCUT2D eigenvalue weighted by Crippen LogP contribution is -2.15. The minimum absolute atomic E-state index is 0.593. The van der Waals surface area contributed by atoms with E-state index < -0.39 is 0 Å². The van der Waals surface area contributed by atoms with Crippen LogP contribution in [0.4, 0.5) is 0 Å². The molecule has 1 heterocycles. The first-order chi connectivity index (χ1) is 8.40. The molecule has 3 nitrogen and oxygen atoms in total. The largest absolute Gasteiger partial charge is 0.282 e. The normalized spacial score (nSPS) is 15.8. The van der Waals surface area contributed by atoms with Crippen LogP contribution in [0.15, 0.2) is 30.3 Å². The van der Waals surface area contributed by atoms with E-state index in [2.05, 4.69) is 55.0 Å². The zero-order valence-corrected chi connectivity index (χ0v) is 11.1. The molecule has 0 saturated heterocycles. The monoisotopic (exact) mass is 291 g/mol. The number of hydrogen-bond donors (Lipinski definition) is 0. The van der Waals surface area contributed by atoms with Crippen molar-refractivity contribution in [2.45, 2.75) is 30.5 Å². The van der Waals surface area contributed by atoms with Gasteiger partial charge >= 0.3 is 0 Å². The van der Waals surface area contributed by atoms with E-state index in [1.165, 1.54) is 19.3 Å². The summed E-state index contributed by atoms with van der Waals surface area (Å²) in [6.45, 7) is 0. The summed E-state index contributed by atoms with van der Waals surface area (Å²) in [5.74, 6) is 2.70. The predicted octanol–water partition coefficient (Wildman–Crippen LogP) is 3.43. The first kappa shape index (κ1) is 11.0. The van der Waals surface area contributed by atoms with Gasteiger partial charge in [0.25, 0.3) is 0 Å². The molecule has 0 bridgehead atoms. The number of nitrogens with zero attached hydrogens (tertiary/aromatic N) is 3. The smallest absolute Gasteiger partial charge is 0.148 e. The van der Waals surface area contributed by atoms with Crippen LogP contribution in [0.3, 0.4) is 0 Å². The minimum atomic E-state index is 0.593. The van der Waals surface area contributed by atoms with Gasteiger partial charge < -0.3 is 0 Å². The fourth-order valence-electron chi connectivity index (χ4n) is 2.21. The highest BCUT2D eigenvalue weighted by Crippen LogP contribution is 2.36. The van der Waals surface area contributed by atoms with Crippen LogP contribution < -0.4 is 0 Å². The number of para-hydroxylation sites is 1. The molecule has 88 valence electrons. The summed E-state index contributed by atoms with van der Waals surface area (Å²) in [7, 11) is 0. The molecule has 0 aliphatic heterocycles. The lowest BCUT2D eigenvalue weighted by molar-refractivity contribution is 0.396. The highest BCUT2D eigenvalue weighted by molar-refractivity contribution is 9.08. The van der Waals surface area contributed by atoms with E-state index in [-0.39, 0.29) is 0 Å². The van der Waals surface area contributed by atoms with E-state index in [4.69, 9.17) is 0 Å². The molecular weight excluding hydrogens is 278 g/mol. The van der Waals surface area contributed by atoms with E-state index in [1.54, 1.807) is 0 Å². The second-order valence-electron chi connectivity index (χ2n) is 4.41. The molecule has 0 spiro atoms. The molecule has 0 unspecified atom stereocenters. The van der Waals surface area contributed by atoms with Crippen molar-refractivity contribution in [1.82, 2.24) is 14.8 Å². The molecule has 0 radical (unpaired) electrons. The molecule has 1 aliphatic rings. The fourth-order valence-corrected chi connectivity index (χ4v) is 2.57. The molecule has 17 heavy (non-hydrogen) atoms. The van der Waals surface area contributed by atoms with Crippen molar-refractivity contribution in [1.29, 1.82) is 0 Å². The summed E-state index contributed by atoms with van der Waals surface area (Å²) in [6.07, 6.45) is 3.80. The van der Waals surface area contributed by atoms with Crippen molar-refractivity contribution >= 4 is 15.9 Å². The van der Waals surface area contributed by atoms with Crippen LogP contribution >= 0.6 is 15.9 Å². The van der Waals surface area contributed by atoms with Gasteiger partial charge in [-0.2, -0.15) is 0 Å². The van der Waals surface area contributed by atoms with Crippen LogP contribution in [-0.2, 0) is 5.33 Å². The zero-order valence-electron chi connectivity index (χ0n) is 9.51. The van der Waals surface area contributed by atoms with Gasteiger partial charge in [0.1, 0.15) is 11.6 Å². The van der Waals surface area contributed by atoms with Crippen molar-refractivity contribution in [3.63, 3.8) is 0 Å². The number of aromatic nitrogens is 3. The molecule has 2 aromatic rings. The second kappa shape index (κ2) is 4.61. The summed E-state index contributed by atoms with van der Waals surface area (Å²) in [5, 5.41) is 9.39. The summed E-state index contributed by atoms with van der Waals surface area (Å²) >= 11 is 3.48. The Morgan fingerprint density at radius 2 is 1.94 bits per heavy atom. The molecular formula is C13H14BrN3. The molecule has 0 N–H and O–H groups in total. The van der Waals surface area contributed by atoms with E-state index in [0.717, 1.165) is 22.7 Å². The van der Waals surface area contributed by atoms with Crippen molar-refractivity contribution in [2.75, 3.05) is 0 Å². The van der Waals surface area contributed by atoms with Gasteiger partial charge in [-0.25, -0.2) is 0 Å². The highest BCUT2D eigenvalue weighted by Gasteiger charge is 2.26. The first-order valence-electron chi connectivity index (χ1n) is 5.95. The van der Waals surface area contributed by atoms with E-state index >= 15 is 0 Å². The third-order valence-electron chi connectivity index (χ3n) is 3.36. The Balaban J connectivity index is 2.09. The lowest BCUT2D eigenvalue weighted by Gasteiger charge is -2.25. The maximum absolute atomic E-state index is 4.37. The second-order valence-corrected chi connectivity index (χ2v) is 4.97. The van der Waals surface area contributed by atoms with Crippen LogP contribution in [0, 0.1) is 0 Å². The van der Waals surface area contributed by atoms with Crippen molar-refractivity contribution in [3.05, 3.63) is 42.0 Å². The Morgan fingerprint density at radius 1 is 1.18 bits per heavy atom. The van der Waals surface area contributed by atoms with Crippen LogP contribution in [0.25, 0.3) is 5.69 Å². The van der Waals surface area contributed by atoms with Gasteiger partial charge in [0.05, 0.1) is 5.33 Å². The summed E-state index contributed by atoms with van der Waals surface area (Å²) in [4.78, 5) is 0. The van der Waals surface area contributed by atoms with Crippen molar-refractivity contribution < 1.29 is 0 Å². The molecule has 1 aromatic carbocycles. The molecule has 1 saturated carbocycles. The molecule has 1 fully saturated rings. The Labute approximate surface area is 109 Å². The SMILES string of the molecule is BrCc1nnc(C2CCC2)n1-c1ccccc1. The average molecular weight is 292 g/mol. The Hall–Kier alpha value is -1.16. The summed E-state index contributed by atoms with van der Waals surface area (Å²) in [6, 6.07) is 10.4. The molecule has 0 amide bonds. The molecule has 4 heteroatoms. The number of alkyl halides is 1. The number of rotatable bonds is 3.